The molecule has 7 heteroatoms. The molecule has 0 amide bonds. The van der Waals surface area contributed by atoms with Gasteiger partial charge in [-0.1, -0.05) is 18.2 Å². The van der Waals surface area contributed by atoms with Crippen LogP contribution in [0.15, 0.2) is 30.3 Å². The summed E-state index contributed by atoms with van der Waals surface area (Å²) in [6.45, 7) is 8.03. The number of nitrogens with zero attached hydrogens (tertiary/aromatic N) is 3. The fourth-order valence-electron chi connectivity index (χ4n) is 5.00. The first-order chi connectivity index (χ1) is 13.5. The Labute approximate surface area is 169 Å². The molecule has 1 aromatic rings. The lowest BCUT2D eigenvalue weighted by molar-refractivity contribution is -0.127. The summed E-state index contributed by atoms with van der Waals surface area (Å²) >= 11 is 0. The van der Waals surface area contributed by atoms with E-state index in [-0.39, 0.29) is 11.4 Å². The molecule has 156 valence electrons. The van der Waals surface area contributed by atoms with E-state index in [1.165, 1.54) is 5.69 Å². The molecule has 1 atom stereocenters. The topological polar surface area (TPSA) is 53.1 Å². The molecule has 0 saturated carbocycles. The second-order valence-electron chi connectivity index (χ2n) is 8.34. The van der Waals surface area contributed by atoms with Crippen molar-refractivity contribution in [1.29, 1.82) is 0 Å². The summed E-state index contributed by atoms with van der Waals surface area (Å²) in [4.78, 5) is 5.11. The van der Waals surface area contributed by atoms with Gasteiger partial charge in [-0.2, -0.15) is 0 Å². The smallest absolute Gasteiger partial charge is 0.213 e. The number of piperidine rings is 1. The molecule has 3 aliphatic rings. The van der Waals surface area contributed by atoms with Crippen LogP contribution in [0.4, 0.5) is 5.69 Å². The van der Waals surface area contributed by atoms with E-state index < -0.39 is 10.0 Å². The number of anilines is 1. The Balaban J connectivity index is 1.33. The molecule has 3 aliphatic heterocycles. The SMILES string of the molecule is CCS(=O)(=O)N1CCC2(CC1)CC(N1CCN(c3ccccc3)CC1)CCO2. The highest BCUT2D eigenvalue weighted by Crippen LogP contribution is 2.37. The van der Waals surface area contributed by atoms with E-state index in [1.54, 1.807) is 11.2 Å². The Bertz CT molecular complexity index is 739. The highest BCUT2D eigenvalue weighted by molar-refractivity contribution is 7.89. The molecule has 3 fully saturated rings. The number of ether oxygens (including phenoxy) is 1. The zero-order valence-corrected chi connectivity index (χ0v) is 17.7. The molecule has 4 rings (SSSR count). The first-order valence-corrected chi connectivity index (χ1v) is 12.3. The number of para-hydroxylation sites is 1. The van der Waals surface area contributed by atoms with E-state index >= 15 is 0 Å². The molecule has 3 heterocycles. The van der Waals surface area contributed by atoms with Crippen LogP contribution >= 0.6 is 0 Å². The van der Waals surface area contributed by atoms with Crippen molar-refractivity contribution >= 4 is 15.7 Å². The van der Waals surface area contributed by atoms with E-state index in [0.717, 1.165) is 58.5 Å². The van der Waals surface area contributed by atoms with Crippen LogP contribution in [0.25, 0.3) is 0 Å². The Morgan fingerprint density at radius 3 is 2.36 bits per heavy atom. The van der Waals surface area contributed by atoms with Crippen molar-refractivity contribution in [3.63, 3.8) is 0 Å². The third-order valence-corrected chi connectivity index (χ3v) is 8.69. The van der Waals surface area contributed by atoms with Gasteiger partial charge in [0, 0.05) is 57.6 Å². The first-order valence-electron chi connectivity index (χ1n) is 10.7. The van der Waals surface area contributed by atoms with Gasteiger partial charge < -0.3 is 9.64 Å². The molecule has 6 nitrogen and oxygen atoms in total. The van der Waals surface area contributed by atoms with Crippen molar-refractivity contribution in [3.05, 3.63) is 30.3 Å². The van der Waals surface area contributed by atoms with E-state index in [9.17, 15) is 8.42 Å². The van der Waals surface area contributed by atoms with Crippen molar-refractivity contribution in [1.82, 2.24) is 9.21 Å². The molecule has 1 unspecified atom stereocenters. The summed E-state index contributed by atoms with van der Waals surface area (Å²) in [6.07, 6.45) is 3.78. The van der Waals surface area contributed by atoms with E-state index in [1.807, 2.05) is 0 Å². The number of sulfonamides is 1. The average Bonchev–Trinajstić information content (AvgIpc) is 2.75. The van der Waals surface area contributed by atoms with Crippen molar-refractivity contribution < 1.29 is 13.2 Å². The quantitative estimate of drug-likeness (QED) is 0.766. The third-order valence-electron chi connectivity index (χ3n) is 6.81. The molecular weight excluding hydrogens is 374 g/mol. The predicted octanol–water partition coefficient (Wildman–Crippen LogP) is 2.17. The second kappa shape index (κ2) is 8.30. The zero-order valence-electron chi connectivity index (χ0n) is 16.9. The van der Waals surface area contributed by atoms with Crippen molar-refractivity contribution in [3.8, 4) is 0 Å². The van der Waals surface area contributed by atoms with Crippen LogP contribution in [0.3, 0.4) is 0 Å². The highest BCUT2D eigenvalue weighted by atomic mass is 32.2. The molecule has 3 saturated heterocycles. The maximum absolute atomic E-state index is 12.2. The lowest BCUT2D eigenvalue weighted by Gasteiger charge is -2.49. The fourth-order valence-corrected chi connectivity index (χ4v) is 6.10. The monoisotopic (exact) mass is 407 g/mol. The van der Waals surface area contributed by atoms with Crippen LogP contribution in [0.5, 0.6) is 0 Å². The summed E-state index contributed by atoms with van der Waals surface area (Å²) in [5.74, 6) is 0.190. The maximum Gasteiger partial charge on any atom is 0.213 e. The number of benzene rings is 1. The molecule has 28 heavy (non-hydrogen) atoms. The minimum atomic E-state index is -3.08. The lowest BCUT2D eigenvalue weighted by atomic mass is 9.82. The molecule has 1 aromatic carbocycles. The Hall–Kier alpha value is -1.15. The van der Waals surface area contributed by atoms with Gasteiger partial charge in [0.2, 0.25) is 10.0 Å². The second-order valence-corrected chi connectivity index (χ2v) is 10.6. The molecule has 0 aromatic heterocycles. The normalized spacial score (nSPS) is 27.2. The van der Waals surface area contributed by atoms with Crippen LogP contribution in [0.1, 0.15) is 32.6 Å². The number of hydrogen-bond acceptors (Lipinski definition) is 5. The van der Waals surface area contributed by atoms with Gasteiger partial charge in [0.15, 0.2) is 0 Å². The van der Waals surface area contributed by atoms with Gasteiger partial charge in [0.05, 0.1) is 11.4 Å². The standard InChI is InChI=1S/C21H33N3O3S/c1-2-28(25,26)24-11-9-21(10-12-24)18-20(8-17-27-21)23-15-13-22(14-16-23)19-6-4-3-5-7-19/h3-7,20H,2,8-18H2,1H3. The Morgan fingerprint density at radius 2 is 1.71 bits per heavy atom. The molecule has 0 bridgehead atoms. The van der Waals surface area contributed by atoms with Crippen LogP contribution < -0.4 is 4.90 Å². The van der Waals surface area contributed by atoms with Gasteiger partial charge in [-0.15, -0.1) is 0 Å². The van der Waals surface area contributed by atoms with Crippen LogP contribution in [-0.2, 0) is 14.8 Å². The van der Waals surface area contributed by atoms with Crippen LogP contribution in [0.2, 0.25) is 0 Å². The average molecular weight is 408 g/mol. The summed E-state index contributed by atoms with van der Waals surface area (Å²) < 4.78 is 32.2. The van der Waals surface area contributed by atoms with E-state index in [2.05, 4.69) is 40.1 Å². The van der Waals surface area contributed by atoms with Crippen LogP contribution in [0, 0.1) is 0 Å². The minimum absolute atomic E-state index is 0.126. The fraction of sp³-hybridized carbons (Fsp3) is 0.714. The molecule has 0 aliphatic carbocycles. The maximum atomic E-state index is 12.2. The van der Waals surface area contributed by atoms with E-state index in [4.69, 9.17) is 4.74 Å². The molecule has 0 radical (unpaired) electrons. The number of piperazine rings is 1. The third kappa shape index (κ3) is 4.22. The summed E-state index contributed by atoms with van der Waals surface area (Å²) in [5.41, 5.74) is 1.19. The Kier molecular flexibility index (Phi) is 5.97. The number of rotatable bonds is 4. The van der Waals surface area contributed by atoms with Crippen molar-refractivity contribution in [2.75, 3.05) is 56.5 Å². The number of hydrogen-bond donors (Lipinski definition) is 0. The van der Waals surface area contributed by atoms with Crippen molar-refractivity contribution in [2.24, 2.45) is 0 Å². The van der Waals surface area contributed by atoms with Gasteiger partial charge in [-0.25, -0.2) is 12.7 Å². The summed E-state index contributed by atoms with van der Waals surface area (Å²) in [7, 11) is -3.08. The van der Waals surface area contributed by atoms with Gasteiger partial charge in [-0.05, 0) is 44.7 Å². The zero-order chi connectivity index (χ0) is 19.6. The molecular formula is C21H33N3O3S. The van der Waals surface area contributed by atoms with Gasteiger partial charge in [0.1, 0.15) is 0 Å². The van der Waals surface area contributed by atoms with E-state index in [0.29, 0.717) is 19.1 Å². The Morgan fingerprint density at radius 1 is 1.04 bits per heavy atom. The van der Waals surface area contributed by atoms with Gasteiger partial charge >= 0.3 is 0 Å². The van der Waals surface area contributed by atoms with Crippen molar-refractivity contribution in [2.45, 2.75) is 44.2 Å². The largest absolute Gasteiger partial charge is 0.375 e. The van der Waals surface area contributed by atoms with Gasteiger partial charge in [0.25, 0.3) is 0 Å². The highest BCUT2D eigenvalue weighted by Gasteiger charge is 2.43. The van der Waals surface area contributed by atoms with Gasteiger partial charge in [-0.3, -0.25) is 4.90 Å². The lowest BCUT2D eigenvalue weighted by Crippen LogP contribution is -2.57. The minimum Gasteiger partial charge on any atom is -0.375 e. The molecule has 1 spiro atoms. The molecule has 0 N–H and O–H groups in total. The predicted molar refractivity (Wildman–Crippen MR) is 112 cm³/mol. The first kappa shape index (κ1) is 20.1. The summed E-state index contributed by atoms with van der Waals surface area (Å²) in [6, 6.07) is 11.2. The van der Waals surface area contributed by atoms with Crippen LogP contribution in [-0.4, -0.2) is 80.9 Å². The summed E-state index contributed by atoms with van der Waals surface area (Å²) in [5, 5.41) is 0.